The summed E-state index contributed by atoms with van der Waals surface area (Å²) in [6, 6.07) is 5.40. The van der Waals surface area contributed by atoms with E-state index < -0.39 is 0 Å². The van der Waals surface area contributed by atoms with E-state index in [0.717, 1.165) is 6.42 Å². The summed E-state index contributed by atoms with van der Waals surface area (Å²) in [4.78, 5) is 8.37. The number of nitrogens with zero attached hydrogens (tertiary/aromatic N) is 3. The first-order chi connectivity index (χ1) is 7.33. The fourth-order valence-electron chi connectivity index (χ4n) is 1.15. The highest BCUT2D eigenvalue weighted by molar-refractivity contribution is 5.47. The van der Waals surface area contributed by atoms with Crippen LogP contribution < -0.4 is 4.74 Å². The Labute approximate surface area is 87.1 Å². The lowest BCUT2D eigenvalue weighted by atomic mass is 10.3. The Balaban J connectivity index is 2.35. The fraction of sp³-hybridized carbons (Fsp3) is 0.300. The molecule has 0 fully saturated rings. The standard InChI is InChI=1S/C10H11N3O2/c1-3-8-12-10(15-13-8)7-5-4-6-9(11-7)14-2/h4-6H,3H2,1-2H3. The van der Waals surface area contributed by atoms with Crippen molar-refractivity contribution in [1.29, 1.82) is 0 Å². The van der Waals surface area contributed by atoms with Crippen molar-refractivity contribution in [3.8, 4) is 17.5 Å². The summed E-state index contributed by atoms with van der Waals surface area (Å²) in [5.41, 5.74) is 0.626. The molecule has 0 amide bonds. The average molecular weight is 205 g/mol. The lowest BCUT2D eigenvalue weighted by Gasteiger charge is -1.98. The molecule has 2 aromatic rings. The third-order valence-electron chi connectivity index (χ3n) is 1.94. The van der Waals surface area contributed by atoms with Gasteiger partial charge in [0.25, 0.3) is 5.89 Å². The summed E-state index contributed by atoms with van der Waals surface area (Å²) in [7, 11) is 1.57. The number of aromatic nitrogens is 3. The van der Waals surface area contributed by atoms with E-state index in [4.69, 9.17) is 9.26 Å². The van der Waals surface area contributed by atoms with E-state index in [1.165, 1.54) is 0 Å². The SMILES string of the molecule is CCc1noc(-c2cccc(OC)n2)n1. The molecule has 78 valence electrons. The molecular weight excluding hydrogens is 194 g/mol. The molecule has 0 N–H and O–H groups in total. The smallest absolute Gasteiger partial charge is 0.276 e. The highest BCUT2D eigenvalue weighted by Gasteiger charge is 2.09. The third-order valence-corrected chi connectivity index (χ3v) is 1.94. The monoisotopic (exact) mass is 205 g/mol. The highest BCUT2D eigenvalue weighted by Crippen LogP contribution is 2.17. The second kappa shape index (κ2) is 4.08. The number of pyridine rings is 1. The Morgan fingerprint density at radius 1 is 1.33 bits per heavy atom. The van der Waals surface area contributed by atoms with E-state index >= 15 is 0 Å². The van der Waals surface area contributed by atoms with Gasteiger partial charge < -0.3 is 9.26 Å². The van der Waals surface area contributed by atoms with Gasteiger partial charge in [0.05, 0.1) is 7.11 Å². The zero-order chi connectivity index (χ0) is 10.7. The van der Waals surface area contributed by atoms with Crippen molar-refractivity contribution in [2.24, 2.45) is 0 Å². The van der Waals surface area contributed by atoms with Gasteiger partial charge in [0, 0.05) is 12.5 Å². The van der Waals surface area contributed by atoms with Crippen LogP contribution in [0.2, 0.25) is 0 Å². The van der Waals surface area contributed by atoms with Gasteiger partial charge in [-0.25, -0.2) is 4.98 Å². The first-order valence-corrected chi connectivity index (χ1v) is 4.67. The lowest BCUT2D eigenvalue weighted by molar-refractivity contribution is 0.395. The Hall–Kier alpha value is -1.91. The fourth-order valence-corrected chi connectivity index (χ4v) is 1.15. The van der Waals surface area contributed by atoms with Crippen molar-refractivity contribution in [2.45, 2.75) is 13.3 Å². The van der Waals surface area contributed by atoms with Gasteiger partial charge in [-0.1, -0.05) is 18.1 Å². The van der Waals surface area contributed by atoms with Gasteiger partial charge in [-0.3, -0.25) is 0 Å². The summed E-state index contributed by atoms with van der Waals surface area (Å²) in [5.74, 6) is 1.63. The summed E-state index contributed by atoms with van der Waals surface area (Å²) in [6.45, 7) is 1.97. The minimum Gasteiger partial charge on any atom is -0.481 e. The number of aryl methyl sites for hydroxylation is 1. The first kappa shape index (κ1) is 9.64. The molecule has 5 nitrogen and oxygen atoms in total. The molecule has 2 aromatic heterocycles. The van der Waals surface area contributed by atoms with Crippen LogP contribution in [0.25, 0.3) is 11.6 Å². The molecule has 0 aliphatic rings. The van der Waals surface area contributed by atoms with E-state index in [1.54, 1.807) is 19.2 Å². The topological polar surface area (TPSA) is 61.0 Å². The molecule has 0 aliphatic heterocycles. The van der Waals surface area contributed by atoms with E-state index in [0.29, 0.717) is 23.3 Å². The summed E-state index contributed by atoms with van der Waals surface area (Å²) in [6.07, 6.45) is 0.744. The number of methoxy groups -OCH3 is 1. The van der Waals surface area contributed by atoms with Crippen LogP contribution in [-0.4, -0.2) is 22.2 Å². The molecule has 0 saturated carbocycles. The van der Waals surface area contributed by atoms with Crippen molar-refractivity contribution in [3.05, 3.63) is 24.0 Å². The van der Waals surface area contributed by atoms with Crippen LogP contribution in [0.15, 0.2) is 22.7 Å². The molecule has 15 heavy (non-hydrogen) atoms. The van der Waals surface area contributed by atoms with Crippen molar-refractivity contribution in [3.63, 3.8) is 0 Å². The largest absolute Gasteiger partial charge is 0.481 e. The molecule has 0 unspecified atom stereocenters. The van der Waals surface area contributed by atoms with Crippen molar-refractivity contribution in [2.75, 3.05) is 7.11 Å². The van der Waals surface area contributed by atoms with Crippen LogP contribution in [0.4, 0.5) is 0 Å². The van der Waals surface area contributed by atoms with E-state index in [2.05, 4.69) is 15.1 Å². The molecule has 0 saturated heterocycles. The molecule has 0 spiro atoms. The predicted molar refractivity (Wildman–Crippen MR) is 53.5 cm³/mol. The van der Waals surface area contributed by atoms with E-state index in [9.17, 15) is 0 Å². The van der Waals surface area contributed by atoms with E-state index in [-0.39, 0.29) is 0 Å². The quantitative estimate of drug-likeness (QED) is 0.763. The summed E-state index contributed by atoms with van der Waals surface area (Å²) in [5, 5.41) is 3.80. The number of ether oxygens (including phenoxy) is 1. The number of rotatable bonds is 3. The Morgan fingerprint density at radius 3 is 2.87 bits per heavy atom. The van der Waals surface area contributed by atoms with Crippen molar-refractivity contribution < 1.29 is 9.26 Å². The number of hydrogen-bond acceptors (Lipinski definition) is 5. The Morgan fingerprint density at radius 2 is 2.20 bits per heavy atom. The Bertz CT molecular complexity index is 453. The molecule has 0 aromatic carbocycles. The van der Waals surface area contributed by atoms with Crippen molar-refractivity contribution in [1.82, 2.24) is 15.1 Å². The molecule has 0 atom stereocenters. The van der Waals surface area contributed by atoms with Gasteiger partial charge in [0.2, 0.25) is 5.88 Å². The van der Waals surface area contributed by atoms with Gasteiger partial charge in [-0.2, -0.15) is 4.98 Å². The molecule has 2 heterocycles. The van der Waals surface area contributed by atoms with Crippen LogP contribution >= 0.6 is 0 Å². The third kappa shape index (κ3) is 1.96. The molecule has 0 aliphatic carbocycles. The lowest BCUT2D eigenvalue weighted by Crippen LogP contribution is -1.89. The van der Waals surface area contributed by atoms with Gasteiger partial charge >= 0.3 is 0 Å². The summed E-state index contributed by atoms with van der Waals surface area (Å²) >= 11 is 0. The van der Waals surface area contributed by atoms with Gasteiger partial charge in [-0.05, 0) is 6.07 Å². The first-order valence-electron chi connectivity index (χ1n) is 4.67. The van der Waals surface area contributed by atoms with Crippen LogP contribution in [0.5, 0.6) is 5.88 Å². The minimum atomic E-state index is 0.422. The minimum absolute atomic E-state index is 0.422. The maximum absolute atomic E-state index is 5.06. The van der Waals surface area contributed by atoms with Gasteiger partial charge in [0.1, 0.15) is 5.69 Å². The maximum Gasteiger partial charge on any atom is 0.276 e. The maximum atomic E-state index is 5.06. The second-order valence-electron chi connectivity index (χ2n) is 2.93. The average Bonchev–Trinajstić information content (AvgIpc) is 2.78. The number of hydrogen-bond donors (Lipinski definition) is 0. The molecule has 0 bridgehead atoms. The van der Waals surface area contributed by atoms with Crippen LogP contribution in [0.1, 0.15) is 12.7 Å². The molecule has 5 heteroatoms. The van der Waals surface area contributed by atoms with Gasteiger partial charge in [0.15, 0.2) is 5.82 Å². The highest BCUT2D eigenvalue weighted by atomic mass is 16.5. The molecular formula is C10H11N3O2. The van der Waals surface area contributed by atoms with E-state index in [1.807, 2.05) is 13.0 Å². The normalized spacial score (nSPS) is 10.3. The predicted octanol–water partition coefficient (Wildman–Crippen LogP) is 1.70. The zero-order valence-corrected chi connectivity index (χ0v) is 8.60. The van der Waals surface area contributed by atoms with Crippen LogP contribution in [-0.2, 0) is 6.42 Å². The zero-order valence-electron chi connectivity index (χ0n) is 8.60. The van der Waals surface area contributed by atoms with Crippen LogP contribution in [0, 0.1) is 0 Å². The summed E-state index contributed by atoms with van der Waals surface area (Å²) < 4.78 is 10.1. The molecule has 2 rings (SSSR count). The van der Waals surface area contributed by atoms with Gasteiger partial charge in [-0.15, -0.1) is 0 Å². The molecule has 0 radical (unpaired) electrons. The van der Waals surface area contributed by atoms with Crippen molar-refractivity contribution >= 4 is 0 Å². The Kier molecular flexibility index (Phi) is 2.62. The second-order valence-corrected chi connectivity index (χ2v) is 2.93. The van der Waals surface area contributed by atoms with Crippen LogP contribution in [0.3, 0.4) is 0 Å².